The van der Waals surface area contributed by atoms with E-state index >= 15 is 0 Å². The van der Waals surface area contributed by atoms with Crippen LogP contribution in [0.2, 0.25) is 0 Å². The van der Waals surface area contributed by atoms with E-state index < -0.39 is 9.84 Å². The fraction of sp³-hybridized carbons (Fsp3) is 0.923. The second kappa shape index (κ2) is 7.95. The Balaban J connectivity index is 1.49. The van der Waals surface area contributed by atoms with E-state index in [-0.39, 0.29) is 23.6 Å². The van der Waals surface area contributed by atoms with Gasteiger partial charge in [-0.3, -0.25) is 4.90 Å². The van der Waals surface area contributed by atoms with Crippen LogP contribution in [0.25, 0.3) is 0 Å². The zero-order valence-electron chi connectivity index (χ0n) is 12.3. The highest BCUT2D eigenvalue weighted by atomic mass is 32.2. The van der Waals surface area contributed by atoms with Crippen LogP contribution in [0.4, 0.5) is 4.79 Å². The highest BCUT2D eigenvalue weighted by Crippen LogP contribution is 2.10. The fourth-order valence-corrected chi connectivity index (χ4v) is 4.31. The van der Waals surface area contributed by atoms with Gasteiger partial charge in [0.05, 0.1) is 24.7 Å². The first-order valence-corrected chi connectivity index (χ1v) is 9.42. The molecule has 8 heteroatoms. The summed E-state index contributed by atoms with van der Waals surface area (Å²) in [6.45, 7) is 5.26. The van der Waals surface area contributed by atoms with Crippen molar-refractivity contribution in [3.63, 3.8) is 0 Å². The Labute approximate surface area is 126 Å². The Kier molecular flexibility index (Phi) is 6.25. The number of hydrogen-bond donors (Lipinski definition) is 2. The van der Waals surface area contributed by atoms with Crippen LogP contribution < -0.4 is 10.6 Å². The Hall–Kier alpha value is -0.860. The lowest BCUT2D eigenvalue weighted by molar-refractivity contribution is 0.0372. The average Bonchev–Trinajstić information content (AvgIpc) is 2.78. The monoisotopic (exact) mass is 319 g/mol. The first kappa shape index (κ1) is 16.5. The third-order valence-electron chi connectivity index (χ3n) is 3.86. The molecule has 2 amide bonds. The molecule has 2 N–H and O–H groups in total. The molecule has 2 fully saturated rings. The SMILES string of the molecule is O=C(NCCCCN1CCOCC1)NC1CCS(=O)(=O)C1. The van der Waals surface area contributed by atoms with Gasteiger partial charge in [0, 0.05) is 25.7 Å². The summed E-state index contributed by atoms with van der Waals surface area (Å²) >= 11 is 0. The molecule has 0 aromatic heterocycles. The summed E-state index contributed by atoms with van der Waals surface area (Å²) in [6, 6.07) is -0.494. The number of amides is 2. The first-order chi connectivity index (χ1) is 10.1. The van der Waals surface area contributed by atoms with Gasteiger partial charge < -0.3 is 15.4 Å². The van der Waals surface area contributed by atoms with Crippen LogP contribution in [0, 0.1) is 0 Å². The smallest absolute Gasteiger partial charge is 0.315 e. The maximum atomic E-state index is 11.6. The molecule has 0 aliphatic carbocycles. The summed E-state index contributed by atoms with van der Waals surface area (Å²) in [6.07, 6.45) is 2.48. The maximum absolute atomic E-state index is 11.6. The summed E-state index contributed by atoms with van der Waals surface area (Å²) in [5.74, 6) is 0.245. The molecule has 0 saturated carbocycles. The number of nitrogens with zero attached hydrogens (tertiary/aromatic N) is 1. The number of rotatable bonds is 6. The fourth-order valence-electron chi connectivity index (χ4n) is 2.63. The number of unbranched alkanes of at least 4 members (excludes halogenated alkanes) is 1. The molecule has 0 aromatic carbocycles. The van der Waals surface area contributed by atoms with Gasteiger partial charge in [0.2, 0.25) is 0 Å². The molecule has 7 nitrogen and oxygen atoms in total. The summed E-state index contributed by atoms with van der Waals surface area (Å²) < 4.78 is 27.9. The molecule has 0 radical (unpaired) electrons. The largest absolute Gasteiger partial charge is 0.379 e. The van der Waals surface area contributed by atoms with Crippen LogP contribution in [0.1, 0.15) is 19.3 Å². The number of carbonyl (C=O) groups excluding carboxylic acids is 1. The minimum atomic E-state index is -2.94. The molecule has 2 aliphatic heterocycles. The van der Waals surface area contributed by atoms with Gasteiger partial charge in [-0.15, -0.1) is 0 Å². The van der Waals surface area contributed by atoms with Crippen LogP contribution in [-0.2, 0) is 14.6 Å². The van der Waals surface area contributed by atoms with Crippen LogP contribution in [0.3, 0.4) is 0 Å². The van der Waals surface area contributed by atoms with Crippen molar-refractivity contribution in [1.29, 1.82) is 0 Å². The van der Waals surface area contributed by atoms with E-state index in [1.54, 1.807) is 0 Å². The lowest BCUT2D eigenvalue weighted by Gasteiger charge is -2.26. The Bertz CT molecular complexity index is 435. The predicted molar refractivity (Wildman–Crippen MR) is 80.1 cm³/mol. The zero-order chi connectivity index (χ0) is 15.1. The Morgan fingerprint density at radius 3 is 2.67 bits per heavy atom. The molecule has 122 valence electrons. The number of ether oxygens (including phenoxy) is 1. The first-order valence-electron chi connectivity index (χ1n) is 7.60. The van der Waals surface area contributed by atoms with Gasteiger partial charge in [0.15, 0.2) is 9.84 Å². The topological polar surface area (TPSA) is 87.7 Å². The van der Waals surface area contributed by atoms with Gasteiger partial charge in [-0.2, -0.15) is 0 Å². The average molecular weight is 319 g/mol. The molecule has 1 unspecified atom stereocenters. The van der Waals surface area contributed by atoms with E-state index in [4.69, 9.17) is 4.74 Å². The van der Waals surface area contributed by atoms with Crippen LogP contribution in [0.5, 0.6) is 0 Å². The molecule has 0 spiro atoms. The zero-order valence-corrected chi connectivity index (χ0v) is 13.2. The minimum absolute atomic E-state index is 0.0669. The van der Waals surface area contributed by atoms with Gasteiger partial charge >= 0.3 is 6.03 Å². The molecule has 2 heterocycles. The van der Waals surface area contributed by atoms with E-state index in [0.29, 0.717) is 13.0 Å². The number of morpholine rings is 1. The van der Waals surface area contributed by atoms with E-state index in [1.165, 1.54) is 0 Å². The van der Waals surface area contributed by atoms with Crippen LogP contribution >= 0.6 is 0 Å². The van der Waals surface area contributed by atoms with Crippen molar-refractivity contribution in [3.8, 4) is 0 Å². The second-order valence-corrected chi connectivity index (χ2v) is 7.89. The number of hydrogen-bond acceptors (Lipinski definition) is 5. The van der Waals surface area contributed by atoms with Crippen molar-refractivity contribution < 1.29 is 17.9 Å². The quantitative estimate of drug-likeness (QED) is 0.650. The van der Waals surface area contributed by atoms with E-state index in [0.717, 1.165) is 45.7 Å². The predicted octanol–water partition coefficient (Wildman–Crippen LogP) is -0.415. The summed E-state index contributed by atoms with van der Waals surface area (Å²) in [5, 5.41) is 5.51. The summed E-state index contributed by atoms with van der Waals surface area (Å²) in [4.78, 5) is 14.0. The summed E-state index contributed by atoms with van der Waals surface area (Å²) in [7, 11) is -2.94. The lowest BCUT2D eigenvalue weighted by atomic mass is 10.2. The van der Waals surface area contributed by atoms with Gasteiger partial charge in [0.1, 0.15) is 0 Å². The van der Waals surface area contributed by atoms with Crippen LogP contribution in [0.15, 0.2) is 0 Å². The number of sulfone groups is 1. The minimum Gasteiger partial charge on any atom is -0.379 e. The molecular weight excluding hydrogens is 294 g/mol. The molecule has 21 heavy (non-hydrogen) atoms. The third-order valence-corrected chi connectivity index (χ3v) is 5.63. The van der Waals surface area contributed by atoms with E-state index in [1.807, 2.05) is 0 Å². The highest BCUT2D eigenvalue weighted by molar-refractivity contribution is 7.91. The summed E-state index contributed by atoms with van der Waals surface area (Å²) in [5.41, 5.74) is 0. The van der Waals surface area contributed by atoms with E-state index in [9.17, 15) is 13.2 Å². The van der Waals surface area contributed by atoms with Crippen molar-refractivity contribution in [2.24, 2.45) is 0 Å². The normalized spacial score (nSPS) is 25.6. The Morgan fingerprint density at radius 1 is 1.24 bits per heavy atom. The molecular formula is C13H25N3O4S. The third kappa shape index (κ3) is 6.19. The van der Waals surface area contributed by atoms with Crippen molar-refractivity contribution in [2.45, 2.75) is 25.3 Å². The van der Waals surface area contributed by atoms with Crippen molar-refractivity contribution >= 4 is 15.9 Å². The molecule has 0 bridgehead atoms. The van der Waals surface area contributed by atoms with Gasteiger partial charge in [-0.25, -0.2) is 13.2 Å². The highest BCUT2D eigenvalue weighted by Gasteiger charge is 2.28. The molecule has 1 atom stereocenters. The number of carbonyl (C=O) groups is 1. The van der Waals surface area contributed by atoms with Gasteiger partial charge in [-0.05, 0) is 25.8 Å². The molecule has 2 saturated heterocycles. The van der Waals surface area contributed by atoms with Crippen molar-refractivity contribution in [3.05, 3.63) is 0 Å². The van der Waals surface area contributed by atoms with Crippen molar-refractivity contribution in [2.75, 3.05) is 50.9 Å². The van der Waals surface area contributed by atoms with Gasteiger partial charge in [0.25, 0.3) is 0 Å². The maximum Gasteiger partial charge on any atom is 0.315 e. The van der Waals surface area contributed by atoms with E-state index in [2.05, 4.69) is 15.5 Å². The van der Waals surface area contributed by atoms with Crippen LogP contribution in [-0.4, -0.2) is 76.3 Å². The number of urea groups is 1. The molecule has 0 aromatic rings. The van der Waals surface area contributed by atoms with Crippen molar-refractivity contribution in [1.82, 2.24) is 15.5 Å². The number of nitrogens with one attached hydrogen (secondary N) is 2. The van der Waals surface area contributed by atoms with Gasteiger partial charge in [-0.1, -0.05) is 0 Å². The Morgan fingerprint density at radius 2 is 2.00 bits per heavy atom. The second-order valence-electron chi connectivity index (χ2n) is 5.66. The standard InChI is InChI=1S/C13H25N3O4S/c17-13(15-12-3-10-21(18,19)11-12)14-4-1-2-5-16-6-8-20-9-7-16/h12H,1-11H2,(H2,14,15,17). The lowest BCUT2D eigenvalue weighted by Crippen LogP contribution is -2.43. The molecule has 2 rings (SSSR count). The molecule has 2 aliphatic rings.